The molecule has 0 bridgehead atoms. The van der Waals surface area contributed by atoms with Crippen LogP contribution in [-0.4, -0.2) is 32.7 Å². The van der Waals surface area contributed by atoms with E-state index in [9.17, 15) is 13.2 Å². The van der Waals surface area contributed by atoms with Crippen molar-refractivity contribution in [2.24, 2.45) is 0 Å². The molecule has 3 aromatic rings. The fraction of sp³-hybridized carbons (Fsp3) is 0.105. The maximum absolute atomic E-state index is 12.8. The molecule has 8 heteroatoms. The van der Waals surface area contributed by atoms with Crippen molar-refractivity contribution in [3.05, 3.63) is 70.2 Å². The van der Waals surface area contributed by atoms with Crippen LogP contribution in [0.25, 0.3) is 10.8 Å². The molecule has 27 heavy (non-hydrogen) atoms. The summed E-state index contributed by atoms with van der Waals surface area (Å²) in [5.74, 6) is -0.525. The number of hydrogen-bond acceptors (Lipinski definition) is 3. The van der Waals surface area contributed by atoms with Gasteiger partial charge < -0.3 is 5.32 Å². The van der Waals surface area contributed by atoms with E-state index in [2.05, 4.69) is 5.32 Å². The fourth-order valence-electron chi connectivity index (χ4n) is 2.62. The third kappa shape index (κ3) is 3.80. The Hall–Kier alpha value is -2.12. The van der Waals surface area contributed by atoms with E-state index in [4.69, 9.17) is 23.2 Å². The van der Waals surface area contributed by atoms with Crippen LogP contribution in [-0.2, 0) is 10.0 Å². The van der Waals surface area contributed by atoms with Gasteiger partial charge in [-0.2, -0.15) is 0 Å². The molecule has 0 spiro atoms. The number of nitrogens with one attached hydrogen (secondary N) is 1. The number of halogens is 2. The number of amides is 1. The number of carbonyl (C=O) groups is 1. The lowest BCUT2D eigenvalue weighted by molar-refractivity contribution is 0.102. The molecule has 0 aliphatic heterocycles. The second-order valence-corrected chi connectivity index (χ2v) is 8.97. The summed E-state index contributed by atoms with van der Waals surface area (Å²) in [6.45, 7) is 0. The lowest BCUT2D eigenvalue weighted by Crippen LogP contribution is -2.23. The van der Waals surface area contributed by atoms with Gasteiger partial charge in [-0.05, 0) is 23.6 Å². The van der Waals surface area contributed by atoms with E-state index in [1.165, 1.54) is 26.2 Å². The zero-order valence-corrected chi connectivity index (χ0v) is 16.9. The van der Waals surface area contributed by atoms with E-state index in [-0.39, 0.29) is 20.5 Å². The second-order valence-electron chi connectivity index (χ2n) is 6.03. The minimum atomic E-state index is -3.83. The van der Waals surface area contributed by atoms with Crippen LogP contribution in [0.15, 0.2) is 59.5 Å². The number of fused-ring (bicyclic) bond motifs is 1. The number of rotatable bonds is 4. The molecule has 1 N–H and O–H groups in total. The maximum atomic E-state index is 12.8. The summed E-state index contributed by atoms with van der Waals surface area (Å²) in [6, 6.07) is 15.6. The summed E-state index contributed by atoms with van der Waals surface area (Å²) >= 11 is 12.2. The highest BCUT2D eigenvalue weighted by atomic mass is 35.5. The predicted molar refractivity (Wildman–Crippen MR) is 109 cm³/mol. The highest BCUT2D eigenvalue weighted by Gasteiger charge is 2.24. The molecule has 5 nitrogen and oxygen atoms in total. The van der Waals surface area contributed by atoms with Gasteiger partial charge in [-0.25, -0.2) is 12.7 Å². The van der Waals surface area contributed by atoms with Gasteiger partial charge in [0.1, 0.15) is 4.90 Å². The topological polar surface area (TPSA) is 66.5 Å². The number of anilines is 1. The highest BCUT2D eigenvalue weighted by Crippen LogP contribution is 2.31. The number of carbonyl (C=O) groups excluding carboxylic acids is 1. The lowest BCUT2D eigenvalue weighted by atomic mass is 10.1. The Kier molecular flexibility index (Phi) is 5.44. The summed E-state index contributed by atoms with van der Waals surface area (Å²) in [6.07, 6.45) is 0. The molecular weight excluding hydrogens is 407 g/mol. The van der Waals surface area contributed by atoms with Crippen molar-refractivity contribution in [2.75, 3.05) is 19.4 Å². The van der Waals surface area contributed by atoms with Crippen molar-refractivity contribution in [2.45, 2.75) is 4.90 Å². The second kappa shape index (κ2) is 7.48. The third-order valence-electron chi connectivity index (χ3n) is 4.06. The van der Waals surface area contributed by atoms with E-state index in [0.717, 1.165) is 15.1 Å². The molecule has 3 aromatic carbocycles. The van der Waals surface area contributed by atoms with Crippen molar-refractivity contribution >= 4 is 55.6 Å². The summed E-state index contributed by atoms with van der Waals surface area (Å²) in [7, 11) is -1.06. The van der Waals surface area contributed by atoms with Gasteiger partial charge in [-0.3, -0.25) is 4.79 Å². The maximum Gasteiger partial charge on any atom is 0.257 e. The van der Waals surface area contributed by atoms with Gasteiger partial charge in [0.15, 0.2) is 0 Å². The molecule has 1 amide bonds. The fourth-order valence-corrected chi connectivity index (χ4v) is 4.35. The van der Waals surface area contributed by atoms with Crippen LogP contribution in [0.4, 0.5) is 5.69 Å². The SMILES string of the molecule is CN(C)S(=O)(=O)c1cc(C(=O)Nc2cccc3ccccc23)c(Cl)cc1Cl. The molecule has 0 fully saturated rings. The zero-order chi connectivity index (χ0) is 19.8. The lowest BCUT2D eigenvalue weighted by Gasteiger charge is -2.15. The molecule has 0 unspecified atom stereocenters. The van der Waals surface area contributed by atoms with Gasteiger partial charge in [-0.1, -0.05) is 59.6 Å². The Morgan fingerprint density at radius 3 is 2.33 bits per heavy atom. The summed E-state index contributed by atoms with van der Waals surface area (Å²) < 4.78 is 25.9. The van der Waals surface area contributed by atoms with Crippen molar-refractivity contribution in [3.8, 4) is 0 Å². The van der Waals surface area contributed by atoms with Gasteiger partial charge >= 0.3 is 0 Å². The smallest absolute Gasteiger partial charge is 0.257 e. The largest absolute Gasteiger partial charge is 0.321 e. The van der Waals surface area contributed by atoms with Crippen LogP contribution >= 0.6 is 23.2 Å². The molecule has 0 radical (unpaired) electrons. The number of benzene rings is 3. The normalized spacial score (nSPS) is 11.7. The first-order valence-electron chi connectivity index (χ1n) is 7.92. The monoisotopic (exact) mass is 422 g/mol. The molecule has 3 rings (SSSR count). The predicted octanol–water partition coefficient (Wildman–Crippen LogP) is 4.65. The Morgan fingerprint density at radius 2 is 1.63 bits per heavy atom. The van der Waals surface area contributed by atoms with E-state index in [0.29, 0.717) is 5.69 Å². The van der Waals surface area contributed by atoms with Gasteiger partial charge in [0, 0.05) is 25.2 Å². The van der Waals surface area contributed by atoms with Crippen molar-refractivity contribution in [1.29, 1.82) is 0 Å². The first-order valence-corrected chi connectivity index (χ1v) is 10.1. The van der Waals surface area contributed by atoms with E-state index in [1.807, 2.05) is 36.4 Å². The molecule has 0 aliphatic rings. The van der Waals surface area contributed by atoms with Crippen LogP contribution in [0.1, 0.15) is 10.4 Å². The molecule has 0 atom stereocenters. The summed E-state index contributed by atoms with van der Waals surface area (Å²) in [5, 5.41) is 4.64. The Morgan fingerprint density at radius 1 is 0.963 bits per heavy atom. The minimum Gasteiger partial charge on any atom is -0.321 e. The Balaban J connectivity index is 2.05. The van der Waals surface area contributed by atoms with Crippen LogP contribution in [0.5, 0.6) is 0 Å². The first-order chi connectivity index (χ1) is 12.7. The Bertz CT molecular complexity index is 1140. The molecule has 0 saturated carbocycles. The summed E-state index contributed by atoms with van der Waals surface area (Å²) in [5.41, 5.74) is 0.621. The zero-order valence-electron chi connectivity index (χ0n) is 14.5. The molecule has 140 valence electrons. The molecule has 0 saturated heterocycles. The minimum absolute atomic E-state index is 0.0226. The number of nitrogens with zero attached hydrogens (tertiary/aromatic N) is 1. The van der Waals surface area contributed by atoms with Crippen LogP contribution in [0.2, 0.25) is 10.0 Å². The van der Waals surface area contributed by atoms with Crippen LogP contribution < -0.4 is 5.32 Å². The Labute approximate surface area is 167 Å². The molecular formula is C19H16Cl2N2O3S. The average Bonchev–Trinajstić information content (AvgIpc) is 2.61. The molecule has 0 heterocycles. The van der Waals surface area contributed by atoms with Gasteiger partial charge in [-0.15, -0.1) is 0 Å². The van der Waals surface area contributed by atoms with Gasteiger partial charge in [0.05, 0.1) is 15.6 Å². The highest BCUT2D eigenvalue weighted by molar-refractivity contribution is 7.89. The third-order valence-corrected chi connectivity index (χ3v) is 6.66. The van der Waals surface area contributed by atoms with Crippen LogP contribution in [0.3, 0.4) is 0 Å². The van der Waals surface area contributed by atoms with Gasteiger partial charge in [0.2, 0.25) is 10.0 Å². The number of sulfonamides is 1. The van der Waals surface area contributed by atoms with Crippen molar-refractivity contribution in [3.63, 3.8) is 0 Å². The number of hydrogen-bond donors (Lipinski definition) is 1. The van der Waals surface area contributed by atoms with E-state index < -0.39 is 15.9 Å². The van der Waals surface area contributed by atoms with E-state index >= 15 is 0 Å². The van der Waals surface area contributed by atoms with Crippen molar-refractivity contribution in [1.82, 2.24) is 4.31 Å². The van der Waals surface area contributed by atoms with Gasteiger partial charge in [0.25, 0.3) is 5.91 Å². The van der Waals surface area contributed by atoms with Crippen LogP contribution in [0, 0.1) is 0 Å². The summed E-state index contributed by atoms with van der Waals surface area (Å²) in [4.78, 5) is 12.6. The standard InChI is InChI=1S/C19H16Cl2N2O3S/c1-23(2)27(25,26)18-10-14(15(20)11-16(18)21)19(24)22-17-9-5-7-12-6-3-4-8-13(12)17/h3-11H,1-2H3,(H,22,24). The van der Waals surface area contributed by atoms with E-state index in [1.54, 1.807) is 6.07 Å². The average molecular weight is 423 g/mol. The molecule has 0 aromatic heterocycles. The van der Waals surface area contributed by atoms with Crippen molar-refractivity contribution < 1.29 is 13.2 Å². The quantitative estimate of drug-likeness (QED) is 0.665. The molecule has 0 aliphatic carbocycles. The first kappa shape index (κ1) is 19.6.